The number of carbonyl (C=O) groups excluding carboxylic acids is 2. The van der Waals surface area contributed by atoms with Crippen LogP contribution in [0.15, 0.2) is 5.16 Å². The lowest BCUT2D eigenvalue weighted by atomic mass is 10.4. The summed E-state index contributed by atoms with van der Waals surface area (Å²) in [5, 5.41) is 19.4. The summed E-state index contributed by atoms with van der Waals surface area (Å²) < 4.78 is 1.09. The largest absolute Gasteiger partial charge is 0.480 e. The van der Waals surface area contributed by atoms with E-state index in [9.17, 15) is 14.4 Å². The molecule has 0 radical (unpaired) electrons. The summed E-state index contributed by atoms with van der Waals surface area (Å²) in [6, 6.07) is 0. The number of carboxylic acids is 1. The van der Waals surface area contributed by atoms with Crippen molar-refractivity contribution in [3.63, 3.8) is 0 Å². The second kappa shape index (κ2) is 5.78. The lowest BCUT2D eigenvalue weighted by Crippen LogP contribution is -2.33. The molecule has 2 rings (SSSR count). The van der Waals surface area contributed by atoms with E-state index in [1.165, 1.54) is 4.90 Å². The Hall–Kier alpha value is -1.97. The van der Waals surface area contributed by atoms with E-state index in [4.69, 9.17) is 5.11 Å². The summed E-state index contributed by atoms with van der Waals surface area (Å²) >= 11 is 1.01. The van der Waals surface area contributed by atoms with Gasteiger partial charge in [-0.05, 0) is 16.8 Å². The van der Waals surface area contributed by atoms with Gasteiger partial charge in [-0.15, -0.1) is 5.10 Å². The van der Waals surface area contributed by atoms with Crippen molar-refractivity contribution in [1.82, 2.24) is 25.1 Å². The zero-order chi connectivity index (χ0) is 13.8. The molecule has 1 saturated heterocycles. The fourth-order valence-corrected chi connectivity index (χ4v) is 2.40. The summed E-state index contributed by atoms with van der Waals surface area (Å²) in [4.78, 5) is 34.9. The molecule has 9 nitrogen and oxygen atoms in total. The van der Waals surface area contributed by atoms with Crippen LogP contribution in [0, 0.1) is 0 Å². The molecule has 0 spiro atoms. The minimum atomic E-state index is -1.07. The Morgan fingerprint density at radius 1 is 1.42 bits per heavy atom. The van der Waals surface area contributed by atoms with Gasteiger partial charge in [0.25, 0.3) is 0 Å². The first-order valence-electron chi connectivity index (χ1n) is 5.52. The molecule has 1 aliphatic heterocycles. The SMILES string of the molecule is O=C(O)Cn1nnnc1SCC(=O)N1CCCC1=O. The number of carboxylic acid groups (broad SMARTS) is 1. The van der Waals surface area contributed by atoms with Crippen LogP contribution in [0.3, 0.4) is 0 Å². The number of rotatable bonds is 5. The number of likely N-dealkylation sites (tertiary alicyclic amines) is 1. The van der Waals surface area contributed by atoms with E-state index in [1.807, 2.05) is 0 Å². The van der Waals surface area contributed by atoms with E-state index < -0.39 is 5.97 Å². The van der Waals surface area contributed by atoms with E-state index >= 15 is 0 Å². The number of nitrogens with zero attached hydrogens (tertiary/aromatic N) is 5. The molecule has 10 heteroatoms. The second-order valence-corrected chi connectivity index (χ2v) is 4.79. The molecule has 1 N–H and O–H groups in total. The summed E-state index contributed by atoms with van der Waals surface area (Å²) in [6.07, 6.45) is 1.08. The number of hydrogen-bond acceptors (Lipinski definition) is 7. The zero-order valence-corrected chi connectivity index (χ0v) is 10.7. The van der Waals surface area contributed by atoms with Crippen molar-refractivity contribution in [2.75, 3.05) is 12.3 Å². The Morgan fingerprint density at radius 2 is 2.21 bits per heavy atom. The lowest BCUT2D eigenvalue weighted by molar-refractivity contribution is -0.140. The van der Waals surface area contributed by atoms with Gasteiger partial charge in [-0.1, -0.05) is 11.8 Å². The number of aromatic nitrogens is 4. The van der Waals surface area contributed by atoms with Crippen molar-refractivity contribution in [1.29, 1.82) is 0 Å². The van der Waals surface area contributed by atoms with Gasteiger partial charge in [-0.3, -0.25) is 19.3 Å². The number of tetrazole rings is 1. The average molecular weight is 285 g/mol. The number of thioether (sulfide) groups is 1. The maximum absolute atomic E-state index is 11.8. The molecule has 1 aromatic heterocycles. The molecule has 0 aliphatic carbocycles. The van der Waals surface area contributed by atoms with Crippen LogP contribution in [0.1, 0.15) is 12.8 Å². The van der Waals surface area contributed by atoms with Crippen molar-refractivity contribution in [3.8, 4) is 0 Å². The third kappa shape index (κ3) is 3.28. The van der Waals surface area contributed by atoms with E-state index in [0.29, 0.717) is 19.4 Å². The molecule has 2 amide bonds. The maximum atomic E-state index is 11.8. The van der Waals surface area contributed by atoms with Gasteiger partial charge >= 0.3 is 5.97 Å². The Morgan fingerprint density at radius 3 is 2.84 bits per heavy atom. The van der Waals surface area contributed by atoms with Crippen molar-refractivity contribution in [2.24, 2.45) is 0 Å². The molecule has 0 bridgehead atoms. The number of amides is 2. The maximum Gasteiger partial charge on any atom is 0.325 e. The zero-order valence-electron chi connectivity index (χ0n) is 9.85. The third-order valence-electron chi connectivity index (χ3n) is 2.48. The van der Waals surface area contributed by atoms with Crippen LogP contribution in [0.5, 0.6) is 0 Å². The topological polar surface area (TPSA) is 118 Å². The summed E-state index contributed by atoms with van der Waals surface area (Å²) in [5.74, 6) is -1.55. The Kier molecular flexibility index (Phi) is 4.10. The number of carbonyl (C=O) groups is 3. The third-order valence-corrected chi connectivity index (χ3v) is 3.43. The van der Waals surface area contributed by atoms with Crippen LogP contribution in [0.25, 0.3) is 0 Å². The quantitative estimate of drug-likeness (QED) is 0.684. The lowest BCUT2D eigenvalue weighted by Gasteiger charge is -2.12. The molecule has 0 unspecified atom stereocenters. The Labute approximate surface area is 111 Å². The fraction of sp³-hybridized carbons (Fsp3) is 0.556. The van der Waals surface area contributed by atoms with Gasteiger partial charge in [0.2, 0.25) is 17.0 Å². The standard InChI is InChI=1S/C9H11N5O4S/c15-6-2-1-3-13(6)7(16)5-19-9-10-11-12-14(9)4-8(17)18/h1-5H2,(H,17,18). The van der Waals surface area contributed by atoms with Crippen molar-refractivity contribution < 1.29 is 19.5 Å². The van der Waals surface area contributed by atoms with Gasteiger partial charge in [-0.25, -0.2) is 4.68 Å². The number of aliphatic carboxylic acids is 1. The highest BCUT2D eigenvalue weighted by Crippen LogP contribution is 2.17. The molecular weight excluding hydrogens is 274 g/mol. The normalized spacial score (nSPS) is 14.9. The van der Waals surface area contributed by atoms with Gasteiger partial charge in [-0.2, -0.15) is 0 Å². The molecule has 2 heterocycles. The number of imide groups is 1. The fourth-order valence-electron chi connectivity index (χ4n) is 1.64. The molecule has 0 saturated carbocycles. The van der Waals surface area contributed by atoms with Gasteiger partial charge in [0, 0.05) is 13.0 Å². The van der Waals surface area contributed by atoms with Crippen LogP contribution < -0.4 is 0 Å². The summed E-state index contributed by atoms with van der Waals surface area (Å²) in [7, 11) is 0. The molecule has 19 heavy (non-hydrogen) atoms. The monoisotopic (exact) mass is 285 g/mol. The Balaban J connectivity index is 1.91. The van der Waals surface area contributed by atoms with Crippen LogP contribution in [0.4, 0.5) is 0 Å². The first-order chi connectivity index (χ1) is 9.08. The molecule has 1 aromatic rings. The highest BCUT2D eigenvalue weighted by Gasteiger charge is 2.26. The van der Waals surface area contributed by atoms with Gasteiger partial charge in [0.15, 0.2) is 0 Å². The second-order valence-electron chi connectivity index (χ2n) is 3.84. The van der Waals surface area contributed by atoms with Crippen molar-refractivity contribution in [2.45, 2.75) is 24.5 Å². The van der Waals surface area contributed by atoms with Gasteiger partial charge in [0.05, 0.1) is 5.75 Å². The summed E-state index contributed by atoms with van der Waals surface area (Å²) in [5.41, 5.74) is 0. The van der Waals surface area contributed by atoms with E-state index in [1.54, 1.807) is 0 Å². The smallest absolute Gasteiger partial charge is 0.325 e. The predicted octanol–water partition coefficient (Wildman–Crippen LogP) is -1.00. The molecule has 0 aromatic carbocycles. The highest BCUT2D eigenvalue weighted by molar-refractivity contribution is 7.99. The molecular formula is C9H11N5O4S. The Bertz CT molecular complexity index is 516. The van der Waals surface area contributed by atoms with Crippen LogP contribution >= 0.6 is 11.8 Å². The first kappa shape index (κ1) is 13.5. The number of hydrogen-bond donors (Lipinski definition) is 1. The molecule has 1 fully saturated rings. The van der Waals surface area contributed by atoms with Crippen LogP contribution in [-0.4, -0.2) is 60.3 Å². The van der Waals surface area contributed by atoms with E-state index in [-0.39, 0.29) is 29.3 Å². The first-order valence-corrected chi connectivity index (χ1v) is 6.50. The van der Waals surface area contributed by atoms with Crippen LogP contribution in [-0.2, 0) is 20.9 Å². The van der Waals surface area contributed by atoms with E-state index in [0.717, 1.165) is 16.4 Å². The van der Waals surface area contributed by atoms with Crippen LogP contribution in [0.2, 0.25) is 0 Å². The minimum Gasteiger partial charge on any atom is -0.480 e. The van der Waals surface area contributed by atoms with Crippen molar-refractivity contribution >= 4 is 29.5 Å². The van der Waals surface area contributed by atoms with Crippen molar-refractivity contribution in [3.05, 3.63) is 0 Å². The van der Waals surface area contributed by atoms with Gasteiger partial charge < -0.3 is 5.11 Å². The minimum absolute atomic E-state index is 0.00569. The average Bonchev–Trinajstić information content (AvgIpc) is 2.94. The highest BCUT2D eigenvalue weighted by atomic mass is 32.2. The predicted molar refractivity (Wildman–Crippen MR) is 62.1 cm³/mol. The van der Waals surface area contributed by atoms with Gasteiger partial charge in [0.1, 0.15) is 6.54 Å². The molecule has 0 atom stereocenters. The molecule has 1 aliphatic rings. The van der Waals surface area contributed by atoms with E-state index in [2.05, 4.69) is 15.5 Å². The molecule has 102 valence electrons. The summed E-state index contributed by atoms with van der Waals surface area (Å²) in [6.45, 7) is 0.0739.